The molecule has 0 atom stereocenters. The van der Waals surface area contributed by atoms with E-state index in [4.69, 9.17) is 32.7 Å². The number of carboxylic acid groups (broad SMARTS) is 1. The number of anilines is 1. The van der Waals surface area contributed by atoms with Gasteiger partial charge in [-0.2, -0.15) is 4.31 Å². The first-order valence-corrected chi connectivity index (χ1v) is 11.1. The van der Waals surface area contributed by atoms with Gasteiger partial charge in [0.15, 0.2) is 0 Å². The number of hydrogen-bond acceptors (Lipinski definition) is 6. The maximum atomic E-state index is 12.8. The minimum Gasteiger partial charge on any atom is -0.449 e. The molecule has 0 radical (unpaired) electrons. The van der Waals surface area contributed by atoms with E-state index in [1.54, 1.807) is 24.3 Å². The molecule has 3 aromatic rings. The number of ether oxygens (including phenoxy) is 1. The molecular weight excluding hydrogens is 455 g/mol. The lowest BCUT2D eigenvalue weighted by Gasteiger charge is -2.35. The zero-order valence-corrected chi connectivity index (χ0v) is 17.7. The summed E-state index contributed by atoms with van der Waals surface area (Å²) in [5, 5.41) is 10.1. The van der Waals surface area contributed by atoms with Crippen molar-refractivity contribution in [2.24, 2.45) is 0 Å². The van der Waals surface area contributed by atoms with Crippen LogP contribution in [0.4, 0.5) is 10.5 Å². The second-order valence-corrected chi connectivity index (χ2v) is 9.34. The molecule has 0 aliphatic carbocycles. The second-order valence-electron chi connectivity index (χ2n) is 6.59. The van der Waals surface area contributed by atoms with Crippen molar-refractivity contribution in [3.05, 3.63) is 52.5 Å². The fourth-order valence-electron chi connectivity index (χ4n) is 3.35. The molecule has 30 heavy (non-hydrogen) atoms. The van der Waals surface area contributed by atoms with Gasteiger partial charge in [0.2, 0.25) is 10.0 Å². The number of carbonyl (C=O) groups is 1. The zero-order chi connectivity index (χ0) is 21.5. The Balaban J connectivity index is 1.52. The van der Waals surface area contributed by atoms with Gasteiger partial charge in [0.05, 0.1) is 15.6 Å². The maximum absolute atomic E-state index is 12.8. The molecule has 11 heteroatoms. The molecule has 4 rings (SSSR count). The van der Waals surface area contributed by atoms with Gasteiger partial charge >= 0.3 is 6.16 Å². The van der Waals surface area contributed by atoms with Crippen LogP contribution in [-0.2, 0) is 10.0 Å². The molecule has 1 N–H and O–H groups in total. The predicted molar refractivity (Wildman–Crippen MR) is 112 cm³/mol. The number of furan rings is 1. The summed E-state index contributed by atoms with van der Waals surface area (Å²) in [5.74, 6) is -0.171. The Labute approximate surface area is 182 Å². The summed E-state index contributed by atoms with van der Waals surface area (Å²) >= 11 is 12.4. The monoisotopic (exact) mass is 470 g/mol. The summed E-state index contributed by atoms with van der Waals surface area (Å²) in [7, 11) is -3.61. The van der Waals surface area contributed by atoms with E-state index in [1.165, 1.54) is 22.5 Å². The Hall–Kier alpha value is -2.46. The average Bonchev–Trinajstić information content (AvgIpc) is 3.11. The van der Waals surface area contributed by atoms with Crippen molar-refractivity contribution in [1.29, 1.82) is 0 Å². The fraction of sp³-hybridized carbons (Fsp3) is 0.211. The summed E-state index contributed by atoms with van der Waals surface area (Å²) in [6, 6.07) is 10.9. The van der Waals surface area contributed by atoms with Crippen LogP contribution in [0.15, 0.2) is 51.8 Å². The SMILES string of the molecule is O=C(O)Oc1cc2c(Cl)c(N3CCN(S(=O)(=O)c4ccc(Cl)cc4)CC3)ccc2o1. The van der Waals surface area contributed by atoms with E-state index < -0.39 is 16.2 Å². The topological polar surface area (TPSA) is 100 Å². The maximum Gasteiger partial charge on any atom is 0.513 e. The van der Waals surface area contributed by atoms with E-state index in [-0.39, 0.29) is 23.9 Å². The average molecular weight is 471 g/mol. The number of sulfonamides is 1. The lowest BCUT2D eigenvalue weighted by atomic mass is 10.2. The number of benzene rings is 2. The number of fused-ring (bicyclic) bond motifs is 1. The van der Waals surface area contributed by atoms with E-state index in [0.717, 1.165) is 0 Å². The van der Waals surface area contributed by atoms with Crippen LogP contribution < -0.4 is 9.64 Å². The number of piperazine rings is 1. The fourth-order valence-corrected chi connectivity index (χ4v) is 5.23. The molecule has 1 aromatic heterocycles. The predicted octanol–water partition coefficient (Wildman–Crippen LogP) is 4.31. The lowest BCUT2D eigenvalue weighted by molar-refractivity contribution is 0.134. The highest BCUT2D eigenvalue weighted by Crippen LogP contribution is 2.38. The summed E-state index contributed by atoms with van der Waals surface area (Å²) in [6.45, 7) is 1.46. The molecule has 2 heterocycles. The largest absolute Gasteiger partial charge is 0.513 e. The highest BCUT2D eigenvalue weighted by molar-refractivity contribution is 7.89. The van der Waals surface area contributed by atoms with Crippen LogP contribution >= 0.6 is 23.2 Å². The van der Waals surface area contributed by atoms with E-state index in [1.807, 2.05) is 4.90 Å². The summed E-state index contributed by atoms with van der Waals surface area (Å²) < 4.78 is 37.0. The Kier molecular flexibility index (Phi) is 5.54. The van der Waals surface area contributed by atoms with Gasteiger partial charge in [0.25, 0.3) is 5.95 Å². The van der Waals surface area contributed by atoms with Crippen LogP contribution in [0.1, 0.15) is 0 Å². The number of halogens is 2. The Morgan fingerprint density at radius 1 is 1.03 bits per heavy atom. The van der Waals surface area contributed by atoms with E-state index >= 15 is 0 Å². The van der Waals surface area contributed by atoms with Crippen molar-refractivity contribution in [3.8, 4) is 5.95 Å². The smallest absolute Gasteiger partial charge is 0.449 e. The van der Waals surface area contributed by atoms with Crippen LogP contribution in [0, 0.1) is 0 Å². The van der Waals surface area contributed by atoms with Crippen LogP contribution in [0.5, 0.6) is 5.95 Å². The molecule has 0 bridgehead atoms. The minimum atomic E-state index is -3.61. The third-order valence-corrected chi connectivity index (χ3v) is 7.37. The van der Waals surface area contributed by atoms with Gasteiger partial charge in [-0.1, -0.05) is 23.2 Å². The van der Waals surface area contributed by atoms with Crippen molar-refractivity contribution in [3.63, 3.8) is 0 Å². The highest BCUT2D eigenvalue weighted by Gasteiger charge is 2.29. The molecule has 2 aromatic carbocycles. The quantitative estimate of drug-likeness (QED) is 0.566. The number of nitrogens with zero attached hydrogens (tertiary/aromatic N) is 2. The standard InChI is InChI=1S/C19H16Cl2N2O6S/c20-12-1-3-13(4-2-12)30(26,27)23-9-7-22(8-10-23)15-5-6-16-14(18(15)21)11-17(28-16)29-19(24)25/h1-6,11H,7-10H2,(H,24,25). The van der Waals surface area contributed by atoms with E-state index in [9.17, 15) is 13.2 Å². The first-order chi connectivity index (χ1) is 14.3. The van der Waals surface area contributed by atoms with Crippen LogP contribution in [0.25, 0.3) is 11.0 Å². The van der Waals surface area contributed by atoms with Gasteiger partial charge in [-0.15, -0.1) is 0 Å². The molecule has 1 saturated heterocycles. The molecule has 1 fully saturated rings. The summed E-state index contributed by atoms with van der Waals surface area (Å²) in [6.07, 6.45) is -1.48. The van der Waals surface area contributed by atoms with Crippen molar-refractivity contribution < 1.29 is 27.5 Å². The molecule has 0 unspecified atom stereocenters. The highest BCUT2D eigenvalue weighted by atomic mass is 35.5. The first-order valence-electron chi connectivity index (χ1n) is 8.89. The summed E-state index contributed by atoms with van der Waals surface area (Å²) in [5.41, 5.74) is 1.10. The van der Waals surface area contributed by atoms with Gasteiger partial charge in [0, 0.05) is 42.7 Å². The second kappa shape index (κ2) is 7.99. The number of rotatable bonds is 4. The van der Waals surface area contributed by atoms with Crippen molar-refractivity contribution >= 4 is 56.0 Å². The molecule has 0 saturated carbocycles. The summed E-state index contributed by atoms with van der Waals surface area (Å²) in [4.78, 5) is 12.9. The van der Waals surface area contributed by atoms with Gasteiger partial charge in [-0.05, 0) is 36.4 Å². The molecule has 1 aliphatic rings. The van der Waals surface area contributed by atoms with Gasteiger partial charge in [-0.3, -0.25) is 0 Å². The number of hydrogen-bond donors (Lipinski definition) is 1. The third-order valence-electron chi connectivity index (χ3n) is 4.81. The van der Waals surface area contributed by atoms with Gasteiger partial charge in [-0.25, -0.2) is 13.2 Å². The van der Waals surface area contributed by atoms with Gasteiger partial charge < -0.3 is 19.2 Å². The van der Waals surface area contributed by atoms with Gasteiger partial charge in [0.1, 0.15) is 5.58 Å². The van der Waals surface area contributed by atoms with Crippen LogP contribution in [0.3, 0.4) is 0 Å². The molecule has 0 amide bonds. The zero-order valence-electron chi connectivity index (χ0n) is 15.4. The van der Waals surface area contributed by atoms with Crippen LogP contribution in [0.2, 0.25) is 10.0 Å². The van der Waals surface area contributed by atoms with E-state index in [0.29, 0.717) is 39.8 Å². The Bertz CT molecular complexity index is 1200. The van der Waals surface area contributed by atoms with E-state index in [2.05, 4.69) is 4.74 Å². The minimum absolute atomic E-state index is 0.171. The van der Waals surface area contributed by atoms with Crippen molar-refractivity contribution in [2.75, 3.05) is 31.1 Å². The normalized spacial score (nSPS) is 15.5. The third kappa shape index (κ3) is 3.93. The molecule has 158 valence electrons. The first kappa shape index (κ1) is 20.8. The Morgan fingerprint density at radius 2 is 1.70 bits per heavy atom. The Morgan fingerprint density at radius 3 is 2.33 bits per heavy atom. The molecular formula is C19H16Cl2N2O6S. The molecule has 1 aliphatic heterocycles. The van der Waals surface area contributed by atoms with Crippen LogP contribution in [-0.4, -0.2) is 50.2 Å². The molecule has 0 spiro atoms. The van der Waals surface area contributed by atoms with Crippen molar-refractivity contribution in [1.82, 2.24) is 4.31 Å². The van der Waals surface area contributed by atoms with Crippen molar-refractivity contribution in [2.45, 2.75) is 4.90 Å². The lowest BCUT2D eigenvalue weighted by Crippen LogP contribution is -2.48. The molecule has 8 nitrogen and oxygen atoms in total.